The number of methoxy groups -OCH3 is 2. The van der Waals surface area contributed by atoms with Crippen LogP contribution in [0.3, 0.4) is 0 Å². The number of ether oxygens (including phenoxy) is 2. The third-order valence-electron chi connectivity index (χ3n) is 4.60. The average Bonchev–Trinajstić information content (AvgIpc) is 2.72. The van der Waals surface area contributed by atoms with Crippen molar-refractivity contribution in [1.82, 2.24) is 5.32 Å². The normalized spacial score (nSPS) is 13.0. The Morgan fingerprint density at radius 3 is 1.92 bits per heavy atom. The largest absolute Gasteiger partial charge is 0.497 e. The van der Waals surface area contributed by atoms with Gasteiger partial charge in [-0.3, -0.25) is 5.32 Å². The van der Waals surface area contributed by atoms with Crippen LogP contribution in [-0.4, -0.2) is 14.2 Å². The van der Waals surface area contributed by atoms with Crippen molar-refractivity contribution in [2.45, 2.75) is 19.0 Å². The molecule has 0 aliphatic rings. The summed E-state index contributed by atoms with van der Waals surface area (Å²) in [5, 5.41) is 3.76. The van der Waals surface area contributed by atoms with Crippen LogP contribution >= 0.6 is 0 Å². The van der Waals surface area contributed by atoms with E-state index in [0.29, 0.717) is 0 Å². The Bertz CT molecular complexity index is 818. The molecular formula is C23H25NO2. The molecule has 3 aromatic carbocycles. The van der Waals surface area contributed by atoms with Gasteiger partial charge in [-0.25, -0.2) is 0 Å². The van der Waals surface area contributed by atoms with Crippen LogP contribution in [-0.2, 0) is 0 Å². The highest BCUT2D eigenvalue weighted by Crippen LogP contribution is 2.34. The Balaban J connectivity index is 2.02. The molecule has 2 atom stereocenters. The molecule has 0 unspecified atom stereocenters. The molecule has 0 aliphatic carbocycles. The second-order valence-electron chi connectivity index (χ2n) is 6.25. The topological polar surface area (TPSA) is 30.5 Å². The van der Waals surface area contributed by atoms with Gasteiger partial charge in [0.15, 0.2) is 0 Å². The van der Waals surface area contributed by atoms with E-state index in [1.54, 1.807) is 14.2 Å². The van der Waals surface area contributed by atoms with Gasteiger partial charge in [-0.05, 0) is 36.2 Å². The Morgan fingerprint density at radius 1 is 0.731 bits per heavy atom. The zero-order valence-electron chi connectivity index (χ0n) is 15.5. The molecule has 0 heterocycles. The van der Waals surface area contributed by atoms with Crippen molar-refractivity contribution in [2.75, 3.05) is 14.2 Å². The molecule has 0 saturated heterocycles. The molecule has 3 aromatic rings. The SMILES string of the molecule is COc1ccc(OC)c([C@@H](N[C@@H](C)c2ccccc2)c2ccccc2)c1. The standard InChI is InChI=1S/C23H25NO2/c1-17(18-10-6-4-7-11-18)24-23(19-12-8-5-9-13-19)21-16-20(25-2)14-15-22(21)26-3/h4-17,23-24H,1-3H3/t17-,23-/m0/s1. The van der Waals surface area contributed by atoms with Crippen LogP contribution in [0.4, 0.5) is 0 Å². The molecule has 3 nitrogen and oxygen atoms in total. The first-order valence-electron chi connectivity index (χ1n) is 8.80. The Labute approximate surface area is 155 Å². The first-order valence-corrected chi connectivity index (χ1v) is 8.80. The van der Waals surface area contributed by atoms with E-state index < -0.39 is 0 Å². The minimum atomic E-state index is -0.0172. The molecule has 0 aliphatic heterocycles. The van der Waals surface area contributed by atoms with Gasteiger partial charge in [0.25, 0.3) is 0 Å². The van der Waals surface area contributed by atoms with E-state index in [2.05, 4.69) is 60.8 Å². The summed E-state index contributed by atoms with van der Waals surface area (Å²) >= 11 is 0. The van der Waals surface area contributed by atoms with Crippen LogP contribution in [0.1, 0.15) is 35.7 Å². The summed E-state index contributed by atoms with van der Waals surface area (Å²) < 4.78 is 11.1. The minimum Gasteiger partial charge on any atom is -0.497 e. The Kier molecular flexibility index (Phi) is 5.92. The molecule has 1 N–H and O–H groups in total. The number of hydrogen-bond donors (Lipinski definition) is 1. The second kappa shape index (κ2) is 8.54. The lowest BCUT2D eigenvalue weighted by molar-refractivity contribution is 0.390. The summed E-state index contributed by atoms with van der Waals surface area (Å²) in [7, 11) is 3.39. The van der Waals surface area contributed by atoms with Gasteiger partial charge in [0.05, 0.1) is 20.3 Å². The third kappa shape index (κ3) is 4.06. The fourth-order valence-corrected chi connectivity index (χ4v) is 3.16. The van der Waals surface area contributed by atoms with E-state index in [-0.39, 0.29) is 12.1 Å². The van der Waals surface area contributed by atoms with Gasteiger partial charge in [-0.1, -0.05) is 60.7 Å². The Hall–Kier alpha value is -2.78. The summed E-state index contributed by atoms with van der Waals surface area (Å²) in [4.78, 5) is 0. The first kappa shape index (κ1) is 18.0. The second-order valence-corrected chi connectivity index (χ2v) is 6.25. The summed E-state index contributed by atoms with van der Waals surface area (Å²) in [6, 6.07) is 27.0. The van der Waals surface area contributed by atoms with Crippen LogP contribution in [0.25, 0.3) is 0 Å². The highest BCUT2D eigenvalue weighted by Gasteiger charge is 2.21. The lowest BCUT2D eigenvalue weighted by atomic mass is 9.95. The van der Waals surface area contributed by atoms with E-state index in [0.717, 1.165) is 17.1 Å². The van der Waals surface area contributed by atoms with E-state index in [1.807, 2.05) is 30.3 Å². The Morgan fingerprint density at radius 2 is 1.35 bits per heavy atom. The quantitative estimate of drug-likeness (QED) is 0.641. The molecule has 26 heavy (non-hydrogen) atoms. The molecular weight excluding hydrogens is 322 g/mol. The predicted molar refractivity (Wildman–Crippen MR) is 106 cm³/mol. The van der Waals surface area contributed by atoms with Crippen molar-refractivity contribution in [2.24, 2.45) is 0 Å². The average molecular weight is 347 g/mol. The zero-order valence-corrected chi connectivity index (χ0v) is 15.5. The molecule has 3 rings (SSSR count). The van der Waals surface area contributed by atoms with Crippen molar-refractivity contribution in [3.8, 4) is 11.5 Å². The van der Waals surface area contributed by atoms with E-state index in [1.165, 1.54) is 11.1 Å². The molecule has 134 valence electrons. The molecule has 3 heteroatoms. The smallest absolute Gasteiger partial charge is 0.124 e. The van der Waals surface area contributed by atoms with Gasteiger partial charge in [0.2, 0.25) is 0 Å². The summed E-state index contributed by atoms with van der Waals surface area (Å²) in [5.41, 5.74) is 3.48. The molecule has 0 fully saturated rings. The maximum Gasteiger partial charge on any atom is 0.124 e. The van der Waals surface area contributed by atoms with Gasteiger partial charge < -0.3 is 9.47 Å². The van der Waals surface area contributed by atoms with Crippen molar-refractivity contribution in [3.63, 3.8) is 0 Å². The maximum absolute atomic E-state index is 5.64. The molecule has 0 aromatic heterocycles. The van der Waals surface area contributed by atoms with Gasteiger partial charge in [-0.15, -0.1) is 0 Å². The van der Waals surface area contributed by atoms with E-state index in [4.69, 9.17) is 9.47 Å². The van der Waals surface area contributed by atoms with Crippen LogP contribution in [0.5, 0.6) is 11.5 Å². The van der Waals surface area contributed by atoms with Gasteiger partial charge in [-0.2, -0.15) is 0 Å². The lowest BCUT2D eigenvalue weighted by Crippen LogP contribution is -2.26. The van der Waals surface area contributed by atoms with Gasteiger partial charge >= 0.3 is 0 Å². The molecule has 0 spiro atoms. The van der Waals surface area contributed by atoms with Crippen molar-refractivity contribution in [1.29, 1.82) is 0 Å². The van der Waals surface area contributed by atoms with E-state index >= 15 is 0 Å². The first-order chi connectivity index (χ1) is 12.7. The zero-order chi connectivity index (χ0) is 18.4. The maximum atomic E-state index is 5.64. The number of nitrogens with one attached hydrogen (secondary N) is 1. The van der Waals surface area contributed by atoms with Crippen molar-refractivity contribution >= 4 is 0 Å². The van der Waals surface area contributed by atoms with Crippen LogP contribution in [0, 0.1) is 0 Å². The fraction of sp³-hybridized carbons (Fsp3) is 0.217. The van der Waals surface area contributed by atoms with E-state index in [9.17, 15) is 0 Å². The van der Waals surface area contributed by atoms with Crippen LogP contribution < -0.4 is 14.8 Å². The summed E-state index contributed by atoms with van der Waals surface area (Å²) in [6.07, 6.45) is 0. The highest BCUT2D eigenvalue weighted by molar-refractivity contribution is 5.46. The fourth-order valence-electron chi connectivity index (χ4n) is 3.16. The van der Waals surface area contributed by atoms with Crippen LogP contribution in [0.15, 0.2) is 78.9 Å². The molecule has 0 saturated carbocycles. The number of hydrogen-bond acceptors (Lipinski definition) is 3. The lowest BCUT2D eigenvalue weighted by Gasteiger charge is -2.26. The molecule has 0 amide bonds. The summed E-state index contributed by atoms with van der Waals surface area (Å²) in [6.45, 7) is 2.18. The van der Waals surface area contributed by atoms with Crippen LogP contribution in [0.2, 0.25) is 0 Å². The molecule has 0 radical (unpaired) electrons. The number of benzene rings is 3. The minimum absolute atomic E-state index is 0.0172. The van der Waals surface area contributed by atoms with Gasteiger partial charge in [0.1, 0.15) is 11.5 Å². The predicted octanol–water partition coefficient (Wildman–Crippen LogP) is 5.14. The molecule has 0 bridgehead atoms. The summed E-state index contributed by atoms with van der Waals surface area (Å²) in [5.74, 6) is 1.66. The van der Waals surface area contributed by atoms with Crippen molar-refractivity contribution in [3.05, 3.63) is 95.6 Å². The monoisotopic (exact) mass is 347 g/mol. The highest BCUT2D eigenvalue weighted by atomic mass is 16.5. The van der Waals surface area contributed by atoms with Crippen molar-refractivity contribution < 1.29 is 9.47 Å². The third-order valence-corrected chi connectivity index (χ3v) is 4.60. The number of rotatable bonds is 7. The van der Waals surface area contributed by atoms with Gasteiger partial charge in [0, 0.05) is 11.6 Å².